The number of benzene rings is 1. The van der Waals surface area contributed by atoms with Crippen LogP contribution in [0.15, 0.2) is 18.2 Å². The summed E-state index contributed by atoms with van der Waals surface area (Å²) in [7, 11) is 1.42. The van der Waals surface area contributed by atoms with E-state index >= 15 is 0 Å². The first-order chi connectivity index (χ1) is 13.7. The number of carbonyl (C=O) groups excluding carboxylic acids is 5. The molecule has 3 aliphatic carbocycles. The van der Waals surface area contributed by atoms with Crippen molar-refractivity contribution in [1.29, 1.82) is 0 Å². The molecule has 7 atom stereocenters. The van der Waals surface area contributed by atoms with Crippen LogP contribution in [0.25, 0.3) is 0 Å². The maximum atomic E-state index is 13.4. The minimum atomic E-state index is -1.67. The SMILES string of the molecule is CO[C@@H]1[C@H]2C(C(=O)c3c(O)cccc3[C@@H]2C)C(=O)C2C(=O)C(C(N)=O)C(=O)C[C@H]21. The minimum Gasteiger partial charge on any atom is -0.507 e. The number of methoxy groups -OCH3 is 1. The van der Waals surface area contributed by atoms with Gasteiger partial charge >= 0.3 is 0 Å². The van der Waals surface area contributed by atoms with Gasteiger partial charge in [-0.2, -0.15) is 0 Å². The molecule has 0 aliphatic heterocycles. The van der Waals surface area contributed by atoms with Gasteiger partial charge in [0.15, 0.2) is 29.1 Å². The summed E-state index contributed by atoms with van der Waals surface area (Å²) < 4.78 is 5.65. The zero-order valence-electron chi connectivity index (χ0n) is 16.0. The third-order valence-corrected chi connectivity index (χ3v) is 6.81. The molecule has 8 nitrogen and oxygen atoms in total. The van der Waals surface area contributed by atoms with Crippen LogP contribution in [0.3, 0.4) is 0 Å². The number of phenols is 1. The molecule has 0 radical (unpaired) electrons. The first-order valence-corrected chi connectivity index (χ1v) is 9.49. The Kier molecular flexibility index (Phi) is 4.42. The number of ether oxygens (including phenoxy) is 1. The number of primary amides is 1. The molecular weight excluding hydrogens is 378 g/mol. The van der Waals surface area contributed by atoms with E-state index in [9.17, 15) is 29.1 Å². The number of phenolic OH excluding ortho intramolecular Hbond substituents is 1. The van der Waals surface area contributed by atoms with Crippen molar-refractivity contribution in [2.75, 3.05) is 7.11 Å². The normalized spacial score (nSPS) is 36.3. The molecule has 1 amide bonds. The number of rotatable bonds is 2. The van der Waals surface area contributed by atoms with Gasteiger partial charge in [-0.1, -0.05) is 19.1 Å². The minimum absolute atomic E-state index is 0.0775. The van der Waals surface area contributed by atoms with Gasteiger partial charge < -0.3 is 15.6 Å². The van der Waals surface area contributed by atoms with E-state index in [-0.39, 0.29) is 23.7 Å². The largest absolute Gasteiger partial charge is 0.507 e. The van der Waals surface area contributed by atoms with Crippen molar-refractivity contribution in [3.63, 3.8) is 0 Å². The van der Waals surface area contributed by atoms with Crippen molar-refractivity contribution in [3.8, 4) is 5.75 Å². The lowest BCUT2D eigenvalue weighted by atomic mass is 9.52. The summed E-state index contributed by atoms with van der Waals surface area (Å²) in [4.78, 5) is 63.6. The Hall–Kier alpha value is -2.87. The van der Waals surface area contributed by atoms with Gasteiger partial charge in [-0.3, -0.25) is 24.0 Å². The fourth-order valence-corrected chi connectivity index (χ4v) is 5.61. The van der Waals surface area contributed by atoms with E-state index in [0.717, 1.165) is 0 Å². The number of carbonyl (C=O) groups is 5. The number of amides is 1. The van der Waals surface area contributed by atoms with Crippen LogP contribution in [0.4, 0.5) is 0 Å². The number of aromatic hydroxyl groups is 1. The van der Waals surface area contributed by atoms with Gasteiger partial charge in [-0.15, -0.1) is 0 Å². The molecule has 0 aromatic heterocycles. The maximum absolute atomic E-state index is 13.4. The first kappa shape index (κ1) is 19.4. The molecule has 8 heteroatoms. The number of ketones is 4. The Labute approximate surface area is 166 Å². The van der Waals surface area contributed by atoms with E-state index in [2.05, 4.69) is 0 Å². The fraction of sp³-hybridized carbons (Fsp3) is 0.476. The molecule has 29 heavy (non-hydrogen) atoms. The van der Waals surface area contributed by atoms with Crippen LogP contribution in [-0.4, -0.2) is 47.4 Å². The maximum Gasteiger partial charge on any atom is 0.235 e. The van der Waals surface area contributed by atoms with E-state index in [4.69, 9.17) is 10.5 Å². The van der Waals surface area contributed by atoms with E-state index in [1.807, 2.05) is 6.92 Å². The van der Waals surface area contributed by atoms with E-state index < -0.39 is 64.7 Å². The zero-order valence-corrected chi connectivity index (χ0v) is 16.0. The quantitative estimate of drug-likeness (QED) is 0.686. The second-order valence-corrected chi connectivity index (χ2v) is 8.10. The molecule has 1 aromatic carbocycles. The van der Waals surface area contributed by atoms with Crippen LogP contribution in [0, 0.1) is 29.6 Å². The van der Waals surface area contributed by atoms with Crippen molar-refractivity contribution in [1.82, 2.24) is 0 Å². The Morgan fingerprint density at radius 1 is 1.14 bits per heavy atom. The average molecular weight is 399 g/mol. The Bertz CT molecular complexity index is 968. The van der Waals surface area contributed by atoms with Crippen molar-refractivity contribution >= 4 is 29.0 Å². The molecule has 4 rings (SSSR count). The van der Waals surface area contributed by atoms with Gasteiger partial charge in [0.05, 0.1) is 23.5 Å². The van der Waals surface area contributed by atoms with Crippen LogP contribution < -0.4 is 5.73 Å². The molecule has 3 unspecified atom stereocenters. The number of nitrogens with two attached hydrogens (primary N) is 1. The van der Waals surface area contributed by atoms with Gasteiger partial charge in [0, 0.05) is 25.4 Å². The topological polar surface area (TPSA) is 141 Å². The Morgan fingerprint density at radius 3 is 2.45 bits per heavy atom. The van der Waals surface area contributed by atoms with E-state index in [1.54, 1.807) is 12.1 Å². The first-order valence-electron chi connectivity index (χ1n) is 9.49. The van der Waals surface area contributed by atoms with Gasteiger partial charge in [0.2, 0.25) is 5.91 Å². The molecule has 2 fully saturated rings. The highest BCUT2D eigenvalue weighted by atomic mass is 16.5. The fourth-order valence-electron chi connectivity index (χ4n) is 5.61. The molecule has 152 valence electrons. The molecule has 0 bridgehead atoms. The second kappa shape index (κ2) is 6.59. The molecule has 3 aliphatic rings. The summed E-state index contributed by atoms with van der Waals surface area (Å²) >= 11 is 0. The van der Waals surface area contributed by atoms with Crippen molar-refractivity contribution in [2.45, 2.75) is 25.4 Å². The summed E-state index contributed by atoms with van der Waals surface area (Å²) in [6.45, 7) is 1.83. The van der Waals surface area contributed by atoms with Crippen LogP contribution in [0.2, 0.25) is 0 Å². The highest BCUT2D eigenvalue weighted by molar-refractivity contribution is 6.27. The molecule has 3 N–H and O–H groups in total. The molecule has 0 spiro atoms. The lowest BCUT2D eigenvalue weighted by Crippen LogP contribution is -2.62. The summed E-state index contributed by atoms with van der Waals surface area (Å²) in [6, 6.07) is 4.72. The van der Waals surface area contributed by atoms with Crippen LogP contribution in [-0.2, 0) is 23.9 Å². The predicted octanol–water partition coefficient (Wildman–Crippen LogP) is 0.398. The van der Waals surface area contributed by atoms with Crippen LogP contribution in [0.5, 0.6) is 5.75 Å². The monoisotopic (exact) mass is 399 g/mol. The van der Waals surface area contributed by atoms with Gasteiger partial charge in [-0.05, 0) is 17.5 Å². The van der Waals surface area contributed by atoms with Crippen molar-refractivity contribution in [3.05, 3.63) is 29.3 Å². The number of Topliss-reactive ketones (excluding diaryl/α,β-unsaturated/α-hetero) is 4. The number of hydrogen-bond acceptors (Lipinski definition) is 7. The summed E-state index contributed by atoms with van der Waals surface area (Å²) in [6.07, 6.45) is -0.899. The standard InChI is InChI=1S/C21H21NO7/c1-7-8-4-3-5-10(23)13(8)17(25)16-12(7)20(29-2)9-6-11(24)15(21(22)28)18(26)14(9)19(16)27/h3-5,7,9,12,14-16,20,23H,6H2,1-2H3,(H2,22,28)/t7-,9+,12+,14?,15?,16?,20-/m0/s1. The summed E-state index contributed by atoms with van der Waals surface area (Å²) in [5.74, 6) is -9.80. The van der Waals surface area contributed by atoms with Crippen LogP contribution >= 0.6 is 0 Å². The molecule has 0 heterocycles. The van der Waals surface area contributed by atoms with Gasteiger partial charge in [0.1, 0.15) is 5.75 Å². The van der Waals surface area contributed by atoms with Gasteiger partial charge in [-0.25, -0.2) is 0 Å². The zero-order chi connectivity index (χ0) is 21.2. The third kappa shape index (κ3) is 2.51. The average Bonchev–Trinajstić information content (AvgIpc) is 2.65. The second-order valence-electron chi connectivity index (χ2n) is 8.10. The van der Waals surface area contributed by atoms with E-state index in [0.29, 0.717) is 5.56 Å². The number of fused-ring (bicyclic) bond motifs is 3. The summed E-state index contributed by atoms with van der Waals surface area (Å²) in [5, 5.41) is 10.2. The van der Waals surface area contributed by atoms with Crippen molar-refractivity contribution < 1.29 is 33.8 Å². The van der Waals surface area contributed by atoms with Crippen molar-refractivity contribution in [2.24, 2.45) is 35.3 Å². The Morgan fingerprint density at radius 2 is 1.83 bits per heavy atom. The lowest BCUT2D eigenvalue weighted by molar-refractivity contribution is -0.162. The highest BCUT2D eigenvalue weighted by Gasteiger charge is 2.62. The van der Waals surface area contributed by atoms with E-state index in [1.165, 1.54) is 13.2 Å². The van der Waals surface area contributed by atoms with Crippen LogP contribution in [0.1, 0.15) is 35.2 Å². The predicted molar refractivity (Wildman–Crippen MR) is 97.9 cm³/mol. The smallest absolute Gasteiger partial charge is 0.235 e. The van der Waals surface area contributed by atoms with Gasteiger partial charge in [0.25, 0.3) is 0 Å². The number of hydrogen-bond donors (Lipinski definition) is 2. The highest BCUT2D eigenvalue weighted by Crippen LogP contribution is 2.53. The lowest BCUT2D eigenvalue weighted by Gasteiger charge is -2.50. The molecule has 0 saturated heterocycles. The Balaban J connectivity index is 1.87. The molecule has 1 aromatic rings. The summed E-state index contributed by atoms with van der Waals surface area (Å²) in [5.41, 5.74) is 5.91. The third-order valence-electron chi connectivity index (χ3n) is 6.81. The molecule has 2 saturated carbocycles. The molecular formula is C21H21NO7.